The molecule has 148 valence electrons. The number of hydrogen-bond donors (Lipinski definition) is 1. The summed E-state index contributed by atoms with van der Waals surface area (Å²) < 4.78 is 0. The zero-order valence-corrected chi connectivity index (χ0v) is 17.3. The first-order valence-electron chi connectivity index (χ1n) is 10.6. The molecule has 1 aromatic carbocycles. The van der Waals surface area contributed by atoms with Crippen LogP contribution in [0.5, 0.6) is 5.75 Å². The Morgan fingerprint density at radius 1 is 1.11 bits per heavy atom. The number of benzene rings is 1. The van der Waals surface area contributed by atoms with E-state index in [0.717, 1.165) is 50.1 Å². The number of phenolic OH excluding ortho intramolecular Hbond substituents is 1. The fraction of sp³-hybridized carbons (Fsp3) is 0.696. The zero-order valence-electron chi connectivity index (χ0n) is 17.3. The van der Waals surface area contributed by atoms with Crippen LogP contribution in [-0.4, -0.2) is 53.0 Å². The molecule has 0 radical (unpaired) electrons. The Balaban J connectivity index is 1.36. The maximum Gasteiger partial charge on any atom is 0.219 e. The van der Waals surface area contributed by atoms with Gasteiger partial charge in [-0.05, 0) is 94.1 Å². The summed E-state index contributed by atoms with van der Waals surface area (Å²) in [5, 5.41) is 10.7. The molecule has 2 heterocycles. The van der Waals surface area contributed by atoms with Gasteiger partial charge in [0.25, 0.3) is 0 Å². The average Bonchev–Trinajstić information content (AvgIpc) is 3.07. The van der Waals surface area contributed by atoms with Crippen molar-refractivity contribution in [3.8, 4) is 5.75 Å². The predicted octanol–water partition coefficient (Wildman–Crippen LogP) is 3.90. The third kappa shape index (κ3) is 3.26. The van der Waals surface area contributed by atoms with Crippen molar-refractivity contribution in [2.45, 2.75) is 71.8 Å². The number of amides is 1. The van der Waals surface area contributed by atoms with Crippen LogP contribution in [0.15, 0.2) is 6.07 Å². The van der Waals surface area contributed by atoms with Gasteiger partial charge in [-0.25, -0.2) is 0 Å². The quantitative estimate of drug-likeness (QED) is 0.859. The van der Waals surface area contributed by atoms with Crippen LogP contribution in [0.1, 0.15) is 67.2 Å². The summed E-state index contributed by atoms with van der Waals surface area (Å²) in [4.78, 5) is 16.2. The fourth-order valence-corrected chi connectivity index (χ4v) is 5.75. The number of aromatic hydroxyl groups is 1. The maximum atomic E-state index is 11.5. The summed E-state index contributed by atoms with van der Waals surface area (Å²) in [7, 11) is 0. The van der Waals surface area contributed by atoms with Crippen LogP contribution in [0.4, 0.5) is 0 Å². The molecule has 3 aliphatic rings. The topological polar surface area (TPSA) is 43.8 Å². The zero-order chi connectivity index (χ0) is 19.3. The fourth-order valence-electron chi connectivity index (χ4n) is 5.75. The van der Waals surface area contributed by atoms with E-state index < -0.39 is 0 Å². The lowest BCUT2D eigenvalue weighted by Crippen LogP contribution is -2.57. The van der Waals surface area contributed by atoms with Crippen molar-refractivity contribution in [3.63, 3.8) is 0 Å². The van der Waals surface area contributed by atoms with Crippen molar-refractivity contribution in [3.05, 3.63) is 28.3 Å². The number of phenols is 1. The predicted molar refractivity (Wildman–Crippen MR) is 108 cm³/mol. The van der Waals surface area contributed by atoms with Crippen LogP contribution in [0.3, 0.4) is 0 Å². The Labute approximate surface area is 163 Å². The first kappa shape index (κ1) is 18.8. The van der Waals surface area contributed by atoms with Gasteiger partial charge in [0.15, 0.2) is 0 Å². The van der Waals surface area contributed by atoms with Gasteiger partial charge >= 0.3 is 0 Å². The number of nitrogens with zero attached hydrogens (tertiary/aromatic N) is 2. The Kier molecular flexibility index (Phi) is 4.74. The minimum atomic E-state index is 0.230. The van der Waals surface area contributed by atoms with E-state index in [-0.39, 0.29) is 5.91 Å². The summed E-state index contributed by atoms with van der Waals surface area (Å²) in [6.07, 6.45) is 6.09. The minimum Gasteiger partial charge on any atom is -0.507 e. The Bertz CT molecular complexity index is 743. The highest BCUT2D eigenvalue weighted by Gasteiger charge is 2.50. The molecule has 0 bridgehead atoms. The van der Waals surface area contributed by atoms with E-state index in [1.807, 2.05) is 11.8 Å². The minimum absolute atomic E-state index is 0.230. The molecule has 4 nitrogen and oxygen atoms in total. The number of aryl methyl sites for hydroxylation is 1. The second-order valence-corrected chi connectivity index (χ2v) is 9.46. The third-order valence-corrected chi connectivity index (χ3v) is 7.81. The van der Waals surface area contributed by atoms with Gasteiger partial charge in [-0.3, -0.25) is 4.79 Å². The number of hydrogen-bond acceptors (Lipinski definition) is 3. The lowest BCUT2D eigenvalue weighted by molar-refractivity contribution is -0.140. The van der Waals surface area contributed by atoms with Crippen LogP contribution in [0.25, 0.3) is 0 Å². The summed E-state index contributed by atoms with van der Waals surface area (Å²) in [5.41, 5.74) is 5.13. The molecular weight excluding hydrogens is 336 g/mol. The van der Waals surface area contributed by atoms with Crippen LogP contribution in [0, 0.1) is 26.2 Å². The number of likely N-dealkylation sites (tertiary alicyclic amines) is 2. The van der Waals surface area contributed by atoms with Gasteiger partial charge in [0.1, 0.15) is 5.75 Å². The highest BCUT2D eigenvalue weighted by Crippen LogP contribution is 2.48. The largest absolute Gasteiger partial charge is 0.507 e. The molecule has 1 amide bonds. The monoisotopic (exact) mass is 370 g/mol. The highest BCUT2D eigenvalue weighted by molar-refractivity contribution is 5.74. The molecule has 1 N–H and O–H groups in total. The van der Waals surface area contributed by atoms with Crippen LogP contribution in [-0.2, 0) is 4.79 Å². The van der Waals surface area contributed by atoms with Crippen molar-refractivity contribution in [1.29, 1.82) is 0 Å². The molecule has 1 aliphatic carbocycles. The van der Waals surface area contributed by atoms with E-state index in [2.05, 4.69) is 24.8 Å². The molecule has 2 saturated heterocycles. The van der Waals surface area contributed by atoms with E-state index in [0.29, 0.717) is 23.1 Å². The van der Waals surface area contributed by atoms with Gasteiger partial charge in [0.2, 0.25) is 5.91 Å². The molecule has 27 heavy (non-hydrogen) atoms. The van der Waals surface area contributed by atoms with Crippen LogP contribution < -0.4 is 0 Å². The molecule has 1 atom stereocenters. The van der Waals surface area contributed by atoms with E-state index >= 15 is 0 Å². The molecule has 0 unspecified atom stereocenters. The van der Waals surface area contributed by atoms with Gasteiger partial charge < -0.3 is 14.9 Å². The number of rotatable bonds is 2. The van der Waals surface area contributed by atoms with E-state index in [1.165, 1.54) is 30.4 Å². The van der Waals surface area contributed by atoms with Crippen LogP contribution in [0.2, 0.25) is 0 Å². The highest BCUT2D eigenvalue weighted by atomic mass is 16.3. The molecule has 1 spiro atoms. The first-order valence-corrected chi connectivity index (χ1v) is 10.6. The van der Waals surface area contributed by atoms with Gasteiger partial charge in [-0.1, -0.05) is 6.07 Å². The van der Waals surface area contributed by atoms with Crippen molar-refractivity contribution in [1.82, 2.24) is 9.80 Å². The van der Waals surface area contributed by atoms with Gasteiger partial charge in [-0.15, -0.1) is 0 Å². The Morgan fingerprint density at radius 2 is 1.78 bits per heavy atom. The standard InChI is InChI=1S/C23H34N2O2/c1-15-11-21(22(27)17(3)16(15)2)19-6-9-24(10-7-19)20-5-8-23(12-20)13-25(14-23)18(4)26/h11,19-20,27H,5-10,12-14H2,1-4H3/t20-/m1/s1. The molecular formula is C23H34N2O2. The van der Waals surface area contributed by atoms with Crippen molar-refractivity contribution < 1.29 is 9.90 Å². The first-order chi connectivity index (χ1) is 12.8. The lowest BCUT2D eigenvalue weighted by Gasteiger charge is -2.48. The second kappa shape index (κ2) is 6.80. The van der Waals surface area contributed by atoms with E-state index in [9.17, 15) is 9.90 Å². The molecule has 4 rings (SSSR count). The van der Waals surface area contributed by atoms with E-state index in [4.69, 9.17) is 0 Å². The van der Waals surface area contributed by atoms with E-state index in [1.54, 1.807) is 6.92 Å². The average molecular weight is 371 g/mol. The molecule has 4 heteroatoms. The summed E-state index contributed by atoms with van der Waals surface area (Å²) in [6.45, 7) is 12.2. The third-order valence-electron chi connectivity index (χ3n) is 7.81. The summed E-state index contributed by atoms with van der Waals surface area (Å²) in [5.74, 6) is 1.23. The SMILES string of the molecule is CC(=O)N1CC2(CC[C@@H](N3CCC(c4cc(C)c(C)c(C)c4O)CC3)C2)C1. The van der Waals surface area contributed by atoms with Crippen LogP contribution >= 0.6 is 0 Å². The normalized spacial score (nSPS) is 25.8. The van der Waals surface area contributed by atoms with Gasteiger partial charge in [0.05, 0.1) is 0 Å². The van der Waals surface area contributed by atoms with Crippen molar-refractivity contribution in [2.75, 3.05) is 26.2 Å². The molecule has 0 aromatic heterocycles. The van der Waals surface area contributed by atoms with Crippen molar-refractivity contribution in [2.24, 2.45) is 5.41 Å². The smallest absolute Gasteiger partial charge is 0.219 e. The molecule has 1 aromatic rings. The number of carbonyl (C=O) groups excluding carboxylic acids is 1. The van der Waals surface area contributed by atoms with Gasteiger partial charge in [0, 0.05) is 31.5 Å². The van der Waals surface area contributed by atoms with Crippen molar-refractivity contribution >= 4 is 5.91 Å². The van der Waals surface area contributed by atoms with Gasteiger partial charge in [-0.2, -0.15) is 0 Å². The molecule has 3 fully saturated rings. The Hall–Kier alpha value is -1.55. The number of carbonyl (C=O) groups is 1. The summed E-state index contributed by atoms with van der Waals surface area (Å²) in [6, 6.07) is 2.91. The number of piperidine rings is 1. The maximum absolute atomic E-state index is 11.5. The molecule has 1 saturated carbocycles. The second-order valence-electron chi connectivity index (χ2n) is 9.46. The summed E-state index contributed by atoms with van der Waals surface area (Å²) >= 11 is 0. The lowest BCUT2D eigenvalue weighted by atomic mass is 9.78. The molecule has 2 aliphatic heterocycles. The Morgan fingerprint density at radius 3 is 2.41 bits per heavy atom.